The highest BCUT2D eigenvalue weighted by molar-refractivity contribution is 9.10. The molecule has 0 radical (unpaired) electrons. The van der Waals surface area contributed by atoms with Crippen molar-refractivity contribution in [2.24, 2.45) is 5.92 Å². The summed E-state index contributed by atoms with van der Waals surface area (Å²) in [4.78, 5) is 15.8. The fourth-order valence-corrected chi connectivity index (χ4v) is 2.46. The molecule has 0 aromatic carbocycles. The van der Waals surface area contributed by atoms with Crippen LogP contribution in [0.1, 0.15) is 36.0 Å². The van der Waals surface area contributed by atoms with Gasteiger partial charge in [-0.15, -0.1) is 0 Å². The number of nitrogens with one attached hydrogen (secondary N) is 1. The van der Waals surface area contributed by atoms with Crippen LogP contribution in [-0.4, -0.2) is 17.4 Å². The van der Waals surface area contributed by atoms with Gasteiger partial charge in [0.05, 0.1) is 0 Å². The van der Waals surface area contributed by atoms with Crippen molar-refractivity contribution in [1.29, 1.82) is 0 Å². The Balaban J connectivity index is 1.87. The van der Waals surface area contributed by atoms with Crippen molar-refractivity contribution >= 4 is 21.8 Å². The number of pyridine rings is 1. The molecule has 0 aliphatic heterocycles. The number of carbonyl (C=O) groups is 1. The Kier molecular flexibility index (Phi) is 3.93. The number of aromatic nitrogens is 1. The van der Waals surface area contributed by atoms with Crippen LogP contribution in [0, 0.1) is 5.92 Å². The molecule has 4 heteroatoms. The van der Waals surface area contributed by atoms with Crippen LogP contribution >= 0.6 is 15.9 Å². The minimum Gasteiger partial charge on any atom is -0.352 e. The minimum absolute atomic E-state index is 0.00463. The summed E-state index contributed by atoms with van der Waals surface area (Å²) in [5.74, 6) is 0.671. The summed E-state index contributed by atoms with van der Waals surface area (Å²) < 4.78 is 0.695. The maximum atomic E-state index is 11.8. The molecule has 2 rings (SSSR count). The molecular formula is C12H15BrN2O. The number of amides is 1. The highest BCUT2D eigenvalue weighted by Gasteiger charge is 2.16. The van der Waals surface area contributed by atoms with Crippen LogP contribution in [0.4, 0.5) is 0 Å². The lowest BCUT2D eigenvalue weighted by molar-refractivity contribution is 0.0947. The summed E-state index contributed by atoms with van der Waals surface area (Å²) in [5.41, 5.74) is 0.667. The van der Waals surface area contributed by atoms with Gasteiger partial charge in [-0.2, -0.15) is 0 Å². The highest BCUT2D eigenvalue weighted by Crippen LogP contribution is 2.23. The molecule has 0 spiro atoms. The number of halogens is 1. The largest absolute Gasteiger partial charge is 0.352 e. The summed E-state index contributed by atoms with van der Waals surface area (Å²) in [6.45, 7) is 0.804. The zero-order valence-electron chi connectivity index (χ0n) is 9.08. The van der Waals surface area contributed by atoms with E-state index in [1.807, 2.05) is 0 Å². The van der Waals surface area contributed by atoms with E-state index >= 15 is 0 Å². The summed E-state index contributed by atoms with van der Waals surface area (Å²) in [6, 6.07) is 3.47. The second kappa shape index (κ2) is 5.43. The molecular weight excluding hydrogens is 268 g/mol. The predicted molar refractivity (Wildman–Crippen MR) is 66.2 cm³/mol. The Bertz CT molecular complexity index is 375. The van der Waals surface area contributed by atoms with Gasteiger partial charge in [-0.3, -0.25) is 4.79 Å². The molecule has 1 aliphatic carbocycles. The van der Waals surface area contributed by atoms with Gasteiger partial charge in [0.1, 0.15) is 4.60 Å². The molecule has 0 saturated heterocycles. The van der Waals surface area contributed by atoms with Crippen LogP contribution in [0.15, 0.2) is 22.9 Å². The molecule has 1 aromatic rings. The second-order valence-corrected chi connectivity index (χ2v) is 5.04. The first-order valence-corrected chi connectivity index (χ1v) is 6.45. The highest BCUT2D eigenvalue weighted by atomic mass is 79.9. The summed E-state index contributed by atoms with van der Waals surface area (Å²) in [5, 5.41) is 2.98. The smallest absolute Gasteiger partial charge is 0.251 e. The lowest BCUT2D eigenvalue weighted by atomic mass is 10.1. The maximum absolute atomic E-state index is 11.8. The van der Waals surface area contributed by atoms with Crippen molar-refractivity contribution in [3.8, 4) is 0 Å². The number of carbonyl (C=O) groups excluding carboxylic acids is 1. The standard InChI is InChI=1S/C12H15BrN2O/c13-11-7-10(5-6-14-11)12(16)15-8-9-3-1-2-4-9/h5-7,9H,1-4,8H2,(H,15,16). The first-order chi connectivity index (χ1) is 7.75. The van der Waals surface area contributed by atoms with Gasteiger partial charge >= 0.3 is 0 Å². The van der Waals surface area contributed by atoms with Crippen LogP contribution in [0.25, 0.3) is 0 Å². The Morgan fingerprint density at radius 1 is 1.50 bits per heavy atom. The van der Waals surface area contributed by atoms with E-state index in [2.05, 4.69) is 26.2 Å². The number of hydrogen-bond donors (Lipinski definition) is 1. The SMILES string of the molecule is O=C(NCC1CCCC1)c1ccnc(Br)c1. The van der Waals surface area contributed by atoms with E-state index < -0.39 is 0 Å². The van der Waals surface area contributed by atoms with Gasteiger partial charge in [-0.25, -0.2) is 4.98 Å². The Hall–Kier alpha value is -0.900. The number of hydrogen-bond acceptors (Lipinski definition) is 2. The molecule has 86 valence electrons. The van der Waals surface area contributed by atoms with Crippen LogP contribution in [0.3, 0.4) is 0 Å². The van der Waals surface area contributed by atoms with E-state index in [1.54, 1.807) is 18.3 Å². The van der Waals surface area contributed by atoms with Crippen LogP contribution in [0.2, 0.25) is 0 Å². The lowest BCUT2D eigenvalue weighted by Gasteiger charge is -2.10. The fourth-order valence-electron chi connectivity index (χ4n) is 2.10. The molecule has 0 unspecified atom stereocenters. The van der Waals surface area contributed by atoms with Gasteiger partial charge in [0.25, 0.3) is 5.91 Å². The van der Waals surface area contributed by atoms with Crippen molar-refractivity contribution in [1.82, 2.24) is 10.3 Å². The van der Waals surface area contributed by atoms with E-state index in [0.29, 0.717) is 16.1 Å². The zero-order chi connectivity index (χ0) is 11.4. The minimum atomic E-state index is -0.00463. The topological polar surface area (TPSA) is 42.0 Å². The molecule has 3 nitrogen and oxygen atoms in total. The van der Waals surface area contributed by atoms with Crippen molar-refractivity contribution in [3.63, 3.8) is 0 Å². The van der Waals surface area contributed by atoms with Gasteiger partial charge in [0, 0.05) is 18.3 Å². The predicted octanol–water partition coefficient (Wildman–Crippen LogP) is 2.76. The molecule has 1 N–H and O–H groups in total. The van der Waals surface area contributed by atoms with Crippen molar-refractivity contribution in [2.75, 3.05) is 6.54 Å². The van der Waals surface area contributed by atoms with E-state index in [0.717, 1.165) is 6.54 Å². The Morgan fingerprint density at radius 2 is 2.25 bits per heavy atom. The fraction of sp³-hybridized carbons (Fsp3) is 0.500. The van der Waals surface area contributed by atoms with E-state index in [-0.39, 0.29) is 5.91 Å². The molecule has 1 aromatic heterocycles. The molecule has 1 heterocycles. The zero-order valence-corrected chi connectivity index (χ0v) is 10.7. The Morgan fingerprint density at radius 3 is 2.94 bits per heavy atom. The van der Waals surface area contributed by atoms with E-state index in [4.69, 9.17) is 0 Å². The molecule has 0 bridgehead atoms. The molecule has 1 amide bonds. The van der Waals surface area contributed by atoms with E-state index in [9.17, 15) is 4.79 Å². The normalized spacial score (nSPS) is 16.3. The van der Waals surface area contributed by atoms with Crippen molar-refractivity contribution in [2.45, 2.75) is 25.7 Å². The summed E-state index contributed by atoms with van der Waals surface area (Å²) in [6.07, 6.45) is 6.75. The third-order valence-electron chi connectivity index (χ3n) is 3.01. The quantitative estimate of drug-likeness (QED) is 0.867. The summed E-state index contributed by atoms with van der Waals surface area (Å²) >= 11 is 3.26. The van der Waals surface area contributed by atoms with Gasteiger partial charge in [0.2, 0.25) is 0 Å². The molecule has 16 heavy (non-hydrogen) atoms. The summed E-state index contributed by atoms with van der Waals surface area (Å²) in [7, 11) is 0. The maximum Gasteiger partial charge on any atom is 0.251 e. The van der Waals surface area contributed by atoms with Crippen LogP contribution in [0.5, 0.6) is 0 Å². The Labute approximate surface area is 104 Å². The van der Waals surface area contributed by atoms with Crippen molar-refractivity contribution < 1.29 is 4.79 Å². The average molecular weight is 283 g/mol. The monoisotopic (exact) mass is 282 g/mol. The van der Waals surface area contributed by atoms with Crippen LogP contribution < -0.4 is 5.32 Å². The molecule has 1 aliphatic rings. The van der Waals surface area contributed by atoms with Gasteiger partial charge in [-0.05, 0) is 46.8 Å². The molecule has 0 atom stereocenters. The third kappa shape index (κ3) is 3.04. The van der Waals surface area contributed by atoms with Gasteiger partial charge in [-0.1, -0.05) is 12.8 Å². The molecule has 1 fully saturated rings. The first-order valence-electron chi connectivity index (χ1n) is 5.65. The second-order valence-electron chi connectivity index (χ2n) is 4.23. The van der Waals surface area contributed by atoms with Crippen LogP contribution in [-0.2, 0) is 0 Å². The average Bonchev–Trinajstić information content (AvgIpc) is 2.78. The third-order valence-corrected chi connectivity index (χ3v) is 3.45. The first kappa shape index (κ1) is 11.6. The van der Waals surface area contributed by atoms with E-state index in [1.165, 1.54) is 25.7 Å². The molecule has 1 saturated carbocycles. The number of rotatable bonds is 3. The van der Waals surface area contributed by atoms with Gasteiger partial charge < -0.3 is 5.32 Å². The lowest BCUT2D eigenvalue weighted by Crippen LogP contribution is -2.28. The number of nitrogens with zero attached hydrogens (tertiary/aromatic N) is 1. The van der Waals surface area contributed by atoms with Gasteiger partial charge in [0.15, 0.2) is 0 Å². The van der Waals surface area contributed by atoms with Crippen molar-refractivity contribution in [3.05, 3.63) is 28.5 Å².